The van der Waals surface area contributed by atoms with Gasteiger partial charge >= 0.3 is 6.61 Å². The standard InChI is InChI=1S/C17H20ClF2N3O3/c1-2-21-17(23-10-13(24)15-4-3-7-25-15)22-9-11-8-12(18)5-6-14(11)26-16(19)20/h3-8,13,16,24H,2,9-10H2,1H3,(H2,21,22,23). The number of aliphatic hydroxyl groups is 1. The van der Waals surface area contributed by atoms with Crippen molar-refractivity contribution < 1.29 is 23.0 Å². The second-order valence-corrected chi connectivity index (χ2v) is 5.67. The quantitative estimate of drug-likeness (QED) is 0.478. The number of hydrogen-bond acceptors (Lipinski definition) is 4. The normalized spacial score (nSPS) is 12.9. The van der Waals surface area contributed by atoms with E-state index in [1.807, 2.05) is 6.92 Å². The average Bonchev–Trinajstić information content (AvgIpc) is 3.13. The van der Waals surface area contributed by atoms with Gasteiger partial charge in [0.15, 0.2) is 5.96 Å². The van der Waals surface area contributed by atoms with E-state index in [9.17, 15) is 13.9 Å². The molecule has 6 nitrogen and oxygen atoms in total. The van der Waals surface area contributed by atoms with E-state index in [1.54, 1.807) is 12.1 Å². The summed E-state index contributed by atoms with van der Waals surface area (Å²) in [7, 11) is 0. The predicted octanol–water partition coefficient (Wildman–Crippen LogP) is 3.32. The Kier molecular flexibility index (Phi) is 7.68. The maximum atomic E-state index is 12.5. The Morgan fingerprint density at radius 3 is 2.81 bits per heavy atom. The van der Waals surface area contributed by atoms with Crippen molar-refractivity contribution in [1.82, 2.24) is 10.6 Å². The third-order valence-corrected chi connectivity index (χ3v) is 3.56. The predicted molar refractivity (Wildman–Crippen MR) is 94.6 cm³/mol. The van der Waals surface area contributed by atoms with Gasteiger partial charge in [0.25, 0.3) is 0 Å². The molecule has 0 aliphatic heterocycles. The maximum Gasteiger partial charge on any atom is 0.387 e. The minimum Gasteiger partial charge on any atom is -0.467 e. The Balaban J connectivity index is 2.05. The van der Waals surface area contributed by atoms with Gasteiger partial charge in [-0.15, -0.1) is 0 Å². The van der Waals surface area contributed by atoms with Crippen molar-refractivity contribution in [2.75, 3.05) is 13.1 Å². The lowest BCUT2D eigenvalue weighted by molar-refractivity contribution is -0.0504. The first-order valence-corrected chi connectivity index (χ1v) is 8.34. The Morgan fingerprint density at radius 1 is 1.35 bits per heavy atom. The highest BCUT2D eigenvalue weighted by Crippen LogP contribution is 2.25. The topological polar surface area (TPSA) is 79.0 Å². The number of ether oxygens (including phenoxy) is 1. The monoisotopic (exact) mass is 387 g/mol. The molecule has 1 atom stereocenters. The van der Waals surface area contributed by atoms with Gasteiger partial charge in [0.05, 0.1) is 19.4 Å². The van der Waals surface area contributed by atoms with Crippen LogP contribution in [0.15, 0.2) is 46.0 Å². The first kappa shape index (κ1) is 20.0. The number of nitrogens with zero attached hydrogens (tertiary/aromatic N) is 1. The fourth-order valence-corrected chi connectivity index (χ4v) is 2.36. The molecular formula is C17H20ClF2N3O3. The summed E-state index contributed by atoms with van der Waals surface area (Å²) in [4.78, 5) is 4.32. The molecule has 0 amide bonds. The average molecular weight is 388 g/mol. The lowest BCUT2D eigenvalue weighted by Gasteiger charge is -2.14. The molecule has 0 aliphatic carbocycles. The summed E-state index contributed by atoms with van der Waals surface area (Å²) >= 11 is 5.92. The molecular weight excluding hydrogens is 368 g/mol. The van der Waals surface area contributed by atoms with Crippen LogP contribution in [0.2, 0.25) is 5.02 Å². The third-order valence-electron chi connectivity index (χ3n) is 3.32. The van der Waals surface area contributed by atoms with E-state index in [1.165, 1.54) is 24.5 Å². The Bertz CT molecular complexity index is 711. The van der Waals surface area contributed by atoms with Crippen molar-refractivity contribution in [2.45, 2.75) is 26.2 Å². The summed E-state index contributed by atoms with van der Waals surface area (Å²) in [6, 6.07) is 7.71. The SMILES string of the molecule is CCNC(=NCc1cc(Cl)ccc1OC(F)F)NCC(O)c1ccco1. The molecule has 26 heavy (non-hydrogen) atoms. The molecule has 0 saturated heterocycles. The van der Waals surface area contributed by atoms with Crippen molar-refractivity contribution in [3.05, 3.63) is 52.9 Å². The highest BCUT2D eigenvalue weighted by Gasteiger charge is 2.12. The molecule has 2 rings (SSSR count). The largest absolute Gasteiger partial charge is 0.467 e. The van der Waals surface area contributed by atoms with Crippen molar-refractivity contribution >= 4 is 17.6 Å². The molecule has 0 radical (unpaired) electrons. The van der Waals surface area contributed by atoms with Gasteiger partial charge in [0.1, 0.15) is 17.6 Å². The zero-order chi connectivity index (χ0) is 18.9. The van der Waals surface area contributed by atoms with Crippen LogP contribution in [0.4, 0.5) is 8.78 Å². The van der Waals surface area contributed by atoms with E-state index >= 15 is 0 Å². The molecule has 1 unspecified atom stereocenters. The molecule has 1 heterocycles. The second kappa shape index (κ2) is 9.98. The first-order valence-electron chi connectivity index (χ1n) is 7.96. The number of hydrogen-bond donors (Lipinski definition) is 3. The van der Waals surface area contributed by atoms with Crippen LogP contribution >= 0.6 is 11.6 Å². The van der Waals surface area contributed by atoms with Crippen LogP contribution in [0.25, 0.3) is 0 Å². The zero-order valence-corrected chi connectivity index (χ0v) is 14.8. The third kappa shape index (κ3) is 6.20. The number of furan rings is 1. The van der Waals surface area contributed by atoms with Crippen molar-refractivity contribution in [3.8, 4) is 5.75 Å². The van der Waals surface area contributed by atoms with E-state index in [-0.39, 0.29) is 18.8 Å². The van der Waals surface area contributed by atoms with Gasteiger partial charge in [0.2, 0.25) is 0 Å². The minimum atomic E-state index is -2.94. The number of guanidine groups is 1. The molecule has 3 N–H and O–H groups in total. The molecule has 0 aliphatic rings. The number of nitrogens with one attached hydrogen (secondary N) is 2. The lowest BCUT2D eigenvalue weighted by Crippen LogP contribution is -2.39. The van der Waals surface area contributed by atoms with Gasteiger partial charge < -0.3 is 24.9 Å². The van der Waals surface area contributed by atoms with E-state index in [0.717, 1.165) is 0 Å². The minimum absolute atomic E-state index is 0.0135. The van der Waals surface area contributed by atoms with Crippen LogP contribution in [0.3, 0.4) is 0 Å². The van der Waals surface area contributed by atoms with Crippen molar-refractivity contribution in [2.24, 2.45) is 4.99 Å². The first-order chi connectivity index (χ1) is 12.5. The molecule has 0 saturated carbocycles. The summed E-state index contributed by atoms with van der Waals surface area (Å²) < 4.78 is 34.6. The fraction of sp³-hybridized carbons (Fsp3) is 0.353. The fourth-order valence-electron chi connectivity index (χ4n) is 2.16. The van der Waals surface area contributed by atoms with Crippen LogP contribution in [0.1, 0.15) is 24.4 Å². The van der Waals surface area contributed by atoms with Crippen molar-refractivity contribution in [3.63, 3.8) is 0 Å². The number of aliphatic hydroxyl groups excluding tert-OH is 1. The summed E-state index contributed by atoms with van der Waals surface area (Å²) in [6.45, 7) is -0.248. The van der Waals surface area contributed by atoms with Gasteiger partial charge in [-0.05, 0) is 37.3 Å². The van der Waals surface area contributed by atoms with E-state index < -0.39 is 12.7 Å². The molecule has 9 heteroatoms. The number of halogens is 3. The summed E-state index contributed by atoms with van der Waals surface area (Å²) in [6.07, 6.45) is 0.624. The highest BCUT2D eigenvalue weighted by molar-refractivity contribution is 6.30. The Hall–Kier alpha value is -2.32. The van der Waals surface area contributed by atoms with Gasteiger partial charge in [-0.1, -0.05) is 11.6 Å². The summed E-state index contributed by atoms with van der Waals surface area (Å²) in [5.74, 6) is 0.844. The zero-order valence-electron chi connectivity index (χ0n) is 14.1. The maximum absolute atomic E-state index is 12.5. The van der Waals surface area contributed by atoms with Crippen LogP contribution < -0.4 is 15.4 Å². The molecule has 0 bridgehead atoms. The number of alkyl halides is 2. The molecule has 0 spiro atoms. The molecule has 142 valence electrons. The summed E-state index contributed by atoms with van der Waals surface area (Å²) in [5, 5.41) is 16.4. The van der Waals surface area contributed by atoms with E-state index in [4.69, 9.17) is 16.0 Å². The smallest absolute Gasteiger partial charge is 0.387 e. The van der Waals surface area contributed by atoms with Crippen LogP contribution in [0, 0.1) is 0 Å². The molecule has 1 aromatic heterocycles. The van der Waals surface area contributed by atoms with Gasteiger partial charge in [-0.3, -0.25) is 0 Å². The van der Waals surface area contributed by atoms with Crippen molar-refractivity contribution in [1.29, 1.82) is 0 Å². The van der Waals surface area contributed by atoms with E-state index in [2.05, 4.69) is 20.4 Å². The number of benzene rings is 1. The van der Waals surface area contributed by atoms with Crippen LogP contribution in [-0.2, 0) is 6.54 Å². The second-order valence-electron chi connectivity index (χ2n) is 5.24. The lowest BCUT2D eigenvalue weighted by atomic mass is 10.2. The van der Waals surface area contributed by atoms with Crippen LogP contribution in [0.5, 0.6) is 5.75 Å². The molecule has 1 aromatic carbocycles. The van der Waals surface area contributed by atoms with Gasteiger partial charge in [0, 0.05) is 17.1 Å². The highest BCUT2D eigenvalue weighted by atomic mass is 35.5. The number of rotatable bonds is 8. The summed E-state index contributed by atoms with van der Waals surface area (Å²) in [5.41, 5.74) is 0.418. The molecule has 0 fully saturated rings. The van der Waals surface area contributed by atoms with Gasteiger partial charge in [-0.25, -0.2) is 4.99 Å². The number of aliphatic imine (C=N–C) groups is 1. The molecule has 2 aromatic rings. The van der Waals surface area contributed by atoms with E-state index in [0.29, 0.717) is 28.9 Å². The van der Waals surface area contributed by atoms with Crippen LogP contribution in [-0.4, -0.2) is 30.8 Å². The van der Waals surface area contributed by atoms with Gasteiger partial charge in [-0.2, -0.15) is 8.78 Å². The Labute approximate surface area is 154 Å². The Morgan fingerprint density at radius 2 is 2.15 bits per heavy atom.